The molecule has 19 heavy (non-hydrogen) atoms. The summed E-state index contributed by atoms with van der Waals surface area (Å²) in [5, 5.41) is 0. The van der Waals surface area contributed by atoms with E-state index in [2.05, 4.69) is 31.3 Å². The van der Waals surface area contributed by atoms with Gasteiger partial charge in [-0.25, -0.2) is 20.2 Å². The van der Waals surface area contributed by atoms with Crippen molar-refractivity contribution in [2.45, 2.75) is 13.5 Å². The van der Waals surface area contributed by atoms with E-state index in [9.17, 15) is 4.39 Å². The van der Waals surface area contributed by atoms with E-state index in [1.807, 2.05) is 6.92 Å². The number of hydrazine groups is 1. The third kappa shape index (κ3) is 3.87. The number of nitrogens with two attached hydrogens (primary N) is 1. The number of nitrogens with zero attached hydrogens (tertiary/aromatic N) is 2. The minimum atomic E-state index is -0.376. The number of nitrogens with one attached hydrogen (secondary N) is 1. The number of benzene rings is 1. The fourth-order valence-electron chi connectivity index (χ4n) is 1.53. The summed E-state index contributed by atoms with van der Waals surface area (Å²) in [7, 11) is 0. The Labute approximate surface area is 118 Å². The van der Waals surface area contributed by atoms with E-state index in [1.165, 1.54) is 12.1 Å². The maximum atomic E-state index is 13.2. The Kier molecular flexibility index (Phi) is 4.28. The van der Waals surface area contributed by atoms with Gasteiger partial charge in [-0.3, -0.25) is 0 Å². The summed E-state index contributed by atoms with van der Waals surface area (Å²) in [4.78, 5) is 8.34. The zero-order valence-corrected chi connectivity index (χ0v) is 11.7. The molecular formula is C12H12BrFN4O. The molecule has 0 saturated heterocycles. The lowest BCUT2D eigenvalue weighted by atomic mass is 10.3. The number of rotatable bonds is 4. The molecule has 0 unspecified atom stereocenters. The zero-order valence-electron chi connectivity index (χ0n) is 10.2. The Balaban J connectivity index is 2.11. The van der Waals surface area contributed by atoms with Gasteiger partial charge in [-0.1, -0.05) is 15.9 Å². The van der Waals surface area contributed by atoms with Crippen molar-refractivity contribution in [3.63, 3.8) is 0 Å². The van der Waals surface area contributed by atoms with Crippen LogP contribution in [0.5, 0.6) is 5.75 Å². The Morgan fingerprint density at radius 3 is 2.79 bits per heavy atom. The minimum Gasteiger partial charge on any atom is -0.485 e. The Hall–Kier alpha value is -1.73. The SMILES string of the molecule is Cc1cc(NN)nc(COc2cc(F)cc(Br)c2)n1. The molecule has 1 aromatic heterocycles. The number of anilines is 1. The molecule has 0 aliphatic rings. The third-order valence-corrected chi connectivity index (χ3v) is 2.71. The van der Waals surface area contributed by atoms with Gasteiger partial charge >= 0.3 is 0 Å². The summed E-state index contributed by atoms with van der Waals surface area (Å²) in [6, 6.07) is 6.03. The maximum absolute atomic E-state index is 13.2. The lowest BCUT2D eigenvalue weighted by Gasteiger charge is -2.08. The van der Waals surface area contributed by atoms with Crippen molar-refractivity contribution in [2.24, 2.45) is 5.84 Å². The van der Waals surface area contributed by atoms with Crippen LogP contribution in [0.25, 0.3) is 0 Å². The summed E-state index contributed by atoms with van der Waals surface area (Å²) in [6.45, 7) is 1.96. The van der Waals surface area contributed by atoms with Crippen molar-refractivity contribution < 1.29 is 9.13 Å². The van der Waals surface area contributed by atoms with Gasteiger partial charge < -0.3 is 10.2 Å². The number of hydrogen-bond acceptors (Lipinski definition) is 5. The molecule has 3 N–H and O–H groups in total. The minimum absolute atomic E-state index is 0.131. The van der Waals surface area contributed by atoms with Gasteiger partial charge in [0.1, 0.15) is 24.0 Å². The van der Waals surface area contributed by atoms with Crippen LogP contribution < -0.4 is 16.0 Å². The number of halogens is 2. The van der Waals surface area contributed by atoms with Crippen LogP contribution in [0.1, 0.15) is 11.5 Å². The smallest absolute Gasteiger partial charge is 0.168 e. The fraction of sp³-hybridized carbons (Fsp3) is 0.167. The van der Waals surface area contributed by atoms with E-state index < -0.39 is 0 Å². The van der Waals surface area contributed by atoms with Crippen LogP contribution in [0.4, 0.5) is 10.2 Å². The van der Waals surface area contributed by atoms with Gasteiger partial charge in [-0.2, -0.15) is 0 Å². The molecule has 0 aliphatic heterocycles. The van der Waals surface area contributed by atoms with Crippen molar-refractivity contribution in [3.8, 4) is 5.75 Å². The van der Waals surface area contributed by atoms with Crippen LogP contribution in [-0.4, -0.2) is 9.97 Å². The van der Waals surface area contributed by atoms with Gasteiger partial charge in [0.15, 0.2) is 5.82 Å². The van der Waals surface area contributed by atoms with Gasteiger partial charge in [0.2, 0.25) is 0 Å². The molecule has 0 fully saturated rings. The maximum Gasteiger partial charge on any atom is 0.168 e. The van der Waals surface area contributed by atoms with Crippen molar-refractivity contribution >= 4 is 21.7 Å². The number of aromatic nitrogens is 2. The molecule has 0 atom stereocenters. The topological polar surface area (TPSA) is 73.1 Å². The van der Waals surface area contributed by atoms with Crippen molar-refractivity contribution in [2.75, 3.05) is 5.43 Å². The second-order valence-corrected chi connectivity index (χ2v) is 4.76. The standard InChI is InChI=1S/C12H12BrFN4O/c1-7-2-11(18-15)17-12(16-7)6-19-10-4-8(13)3-9(14)5-10/h2-5H,6,15H2,1H3,(H,16,17,18). The zero-order chi connectivity index (χ0) is 13.8. The molecule has 1 heterocycles. The molecule has 2 aromatic rings. The molecule has 0 bridgehead atoms. The quantitative estimate of drug-likeness (QED) is 0.667. The molecule has 2 rings (SSSR count). The predicted octanol–water partition coefficient (Wildman–Crippen LogP) is 2.55. The van der Waals surface area contributed by atoms with E-state index >= 15 is 0 Å². The molecule has 0 radical (unpaired) electrons. The summed E-state index contributed by atoms with van der Waals surface area (Å²) in [6.07, 6.45) is 0. The number of hydrogen-bond donors (Lipinski definition) is 2. The highest BCUT2D eigenvalue weighted by Crippen LogP contribution is 2.21. The van der Waals surface area contributed by atoms with Crippen LogP contribution in [0, 0.1) is 12.7 Å². The molecule has 1 aromatic carbocycles. The lowest BCUT2D eigenvalue weighted by Crippen LogP contribution is -2.12. The Morgan fingerprint density at radius 1 is 1.32 bits per heavy atom. The number of ether oxygens (including phenoxy) is 1. The summed E-state index contributed by atoms with van der Waals surface area (Å²) < 4.78 is 19.2. The largest absolute Gasteiger partial charge is 0.485 e. The normalized spacial score (nSPS) is 10.3. The predicted molar refractivity (Wildman–Crippen MR) is 73.0 cm³/mol. The Morgan fingerprint density at radius 2 is 2.11 bits per heavy atom. The third-order valence-electron chi connectivity index (χ3n) is 2.25. The summed E-state index contributed by atoms with van der Waals surface area (Å²) in [5.41, 5.74) is 3.22. The molecule has 0 aliphatic carbocycles. The van der Waals surface area contributed by atoms with Crippen LogP contribution in [-0.2, 0) is 6.61 Å². The van der Waals surface area contributed by atoms with Gasteiger partial charge in [0, 0.05) is 22.3 Å². The molecule has 5 nitrogen and oxygen atoms in total. The first-order valence-corrected chi connectivity index (χ1v) is 6.26. The average Bonchev–Trinajstić information content (AvgIpc) is 2.34. The highest BCUT2D eigenvalue weighted by atomic mass is 79.9. The Bertz CT molecular complexity index is 574. The molecular weight excluding hydrogens is 315 g/mol. The van der Waals surface area contributed by atoms with Gasteiger partial charge in [0.25, 0.3) is 0 Å². The van der Waals surface area contributed by atoms with Crippen LogP contribution in [0.15, 0.2) is 28.7 Å². The first kappa shape index (κ1) is 13.7. The number of nitrogen functional groups attached to an aromatic ring is 1. The van der Waals surface area contributed by atoms with E-state index in [-0.39, 0.29) is 12.4 Å². The molecule has 100 valence electrons. The number of aryl methyl sites for hydroxylation is 1. The molecule has 0 amide bonds. The highest BCUT2D eigenvalue weighted by molar-refractivity contribution is 9.10. The van der Waals surface area contributed by atoms with Crippen LogP contribution in [0.2, 0.25) is 0 Å². The van der Waals surface area contributed by atoms with E-state index in [1.54, 1.807) is 12.1 Å². The first-order chi connectivity index (χ1) is 9.06. The van der Waals surface area contributed by atoms with Gasteiger partial charge in [-0.05, 0) is 19.1 Å². The van der Waals surface area contributed by atoms with E-state index in [0.717, 1.165) is 5.69 Å². The monoisotopic (exact) mass is 326 g/mol. The summed E-state index contributed by atoms with van der Waals surface area (Å²) in [5.74, 6) is 6.30. The second-order valence-electron chi connectivity index (χ2n) is 3.85. The van der Waals surface area contributed by atoms with Crippen molar-refractivity contribution in [1.82, 2.24) is 9.97 Å². The van der Waals surface area contributed by atoms with Crippen LogP contribution in [0.3, 0.4) is 0 Å². The highest BCUT2D eigenvalue weighted by Gasteiger charge is 2.04. The lowest BCUT2D eigenvalue weighted by molar-refractivity contribution is 0.294. The second kappa shape index (κ2) is 5.94. The van der Waals surface area contributed by atoms with E-state index in [0.29, 0.717) is 21.9 Å². The molecule has 0 spiro atoms. The van der Waals surface area contributed by atoms with E-state index in [4.69, 9.17) is 10.6 Å². The fourth-order valence-corrected chi connectivity index (χ4v) is 1.97. The van der Waals surface area contributed by atoms with Crippen molar-refractivity contribution in [3.05, 3.63) is 46.1 Å². The molecule has 7 heteroatoms. The first-order valence-electron chi connectivity index (χ1n) is 5.47. The van der Waals surface area contributed by atoms with Crippen LogP contribution >= 0.6 is 15.9 Å². The summed E-state index contributed by atoms with van der Waals surface area (Å²) >= 11 is 3.20. The van der Waals surface area contributed by atoms with Gasteiger partial charge in [0.05, 0.1) is 0 Å². The average molecular weight is 327 g/mol. The van der Waals surface area contributed by atoms with Gasteiger partial charge in [-0.15, -0.1) is 0 Å². The molecule has 0 saturated carbocycles. The van der Waals surface area contributed by atoms with Crippen molar-refractivity contribution in [1.29, 1.82) is 0 Å².